The van der Waals surface area contributed by atoms with E-state index >= 15 is 0 Å². The van der Waals surface area contributed by atoms with Gasteiger partial charge in [-0.05, 0) is 89.6 Å². The molecule has 38 heavy (non-hydrogen) atoms. The summed E-state index contributed by atoms with van der Waals surface area (Å²) >= 11 is 3.58. The van der Waals surface area contributed by atoms with Crippen molar-refractivity contribution in [3.05, 3.63) is 104 Å². The Kier molecular flexibility index (Phi) is 6.87. The number of esters is 1. The normalized spacial score (nSPS) is 12.8. The van der Waals surface area contributed by atoms with E-state index in [1.54, 1.807) is 48.7 Å². The van der Waals surface area contributed by atoms with Gasteiger partial charge >= 0.3 is 5.97 Å². The van der Waals surface area contributed by atoms with Crippen LogP contribution in [0.1, 0.15) is 41.0 Å². The maximum absolute atomic E-state index is 13.6. The number of pyridine rings is 1. The summed E-state index contributed by atoms with van der Waals surface area (Å²) in [7, 11) is -4.04. The Hall–Kier alpha value is -3.50. The molecule has 1 N–H and O–H groups in total. The third-order valence-corrected chi connectivity index (χ3v) is 9.03. The molecule has 0 saturated carbocycles. The van der Waals surface area contributed by atoms with Crippen molar-refractivity contribution >= 4 is 31.7 Å². The monoisotopic (exact) mass is 598 g/mol. The van der Waals surface area contributed by atoms with Gasteiger partial charge < -0.3 is 14.3 Å². The molecule has 10 heteroatoms. The van der Waals surface area contributed by atoms with Crippen molar-refractivity contribution in [1.29, 1.82) is 0 Å². The second-order valence-electron chi connectivity index (χ2n) is 9.34. The number of aromatic amines is 1. The van der Waals surface area contributed by atoms with Crippen LogP contribution in [0.15, 0.2) is 79.7 Å². The topological polar surface area (TPSA) is 98.2 Å². The Bertz CT molecular complexity index is 1710. The van der Waals surface area contributed by atoms with Crippen LogP contribution in [-0.2, 0) is 34.0 Å². The van der Waals surface area contributed by atoms with Crippen LogP contribution in [0, 0.1) is 5.82 Å². The van der Waals surface area contributed by atoms with E-state index in [4.69, 9.17) is 4.74 Å². The number of hydrogen-bond donors (Lipinski definition) is 1. The molecule has 0 amide bonds. The fourth-order valence-corrected chi connectivity index (χ4v) is 6.82. The van der Waals surface area contributed by atoms with Gasteiger partial charge in [-0.15, -0.1) is 0 Å². The summed E-state index contributed by atoms with van der Waals surface area (Å²) in [4.78, 5) is 28.9. The average Bonchev–Trinajstić information content (AvgIpc) is 3.16. The van der Waals surface area contributed by atoms with Crippen LogP contribution in [0.25, 0.3) is 11.4 Å². The minimum absolute atomic E-state index is 0.0306. The van der Waals surface area contributed by atoms with Crippen LogP contribution in [0.2, 0.25) is 0 Å². The van der Waals surface area contributed by atoms with Crippen molar-refractivity contribution in [2.24, 2.45) is 0 Å². The van der Waals surface area contributed by atoms with Crippen molar-refractivity contribution in [2.45, 2.75) is 49.1 Å². The maximum Gasteiger partial charge on any atom is 0.356 e. The van der Waals surface area contributed by atoms with Crippen molar-refractivity contribution in [2.75, 3.05) is 0 Å². The molecule has 0 bridgehead atoms. The fourth-order valence-electron chi connectivity index (χ4n) is 4.70. The van der Waals surface area contributed by atoms with Crippen molar-refractivity contribution in [3.8, 4) is 11.4 Å². The third-order valence-electron chi connectivity index (χ3n) is 6.40. The van der Waals surface area contributed by atoms with Crippen LogP contribution in [0.4, 0.5) is 4.39 Å². The smallest absolute Gasteiger partial charge is 0.356 e. The van der Waals surface area contributed by atoms with E-state index in [2.05, 4.69) is 20.9 Å². The first-order valence-corrected chi connectivity index (χ1v) is 14.3. The van der Waals surface area contributed by atoms with Gasteiger partial charge in [-0.3, -0.25) is 4.79 Å². The standard InChI is InChI=1S/C28H24BrFN2O5S/c1-16(2)37-28(34)26-23(29)21-13-10-18-14-22(38(35,36)20-6-4-3-5-7-20)27(33)31-24(18)25(21)32(26)15-17-8-11-19(30)12-9-17/h3-9,11-12,14,16H,10,13,15H2,1-2H3,(H,31,33). The fraction of sp³-hybridized carbons (Fsp3) is 0.214. The van der Waals surface area contributed by atoms with Crippen LogP contribution < -0.4 is 5.56 Å². The molecule has 2 aromatic heterocycles. The van der Waals surface area contributed by atoms with E-state index in [0.29, 0.717) is 34.3 Å². The Labute approximate surface area is 227 Å². The predicted octanol–water partition coefficient (Wildman–Crippen LogP) is 5.29. The van der Waals surface area contributed by atoms with E-state index in [0.717, 1.165) is 11.1 Å². The number of sulfone groups is 1. The van der Waals surface area contributed by atoms with E-state index in [-0.39, 0.29) is 34.0 Å². The van der Waals surface area contributed by atoms with Gasteiger partial charge in [-0.1, -0.05) is 30.3 Å². The molecule has 196 valence electrons. The molecule has 5 rings (SSSR count). The van der Waals surface area contributed by atoms with Gasteiger partial charge in [0.2, 0.25) is 9.84 Å². The summed E-state index contributed by atoms with van der Waals surface area (Å²) in [5.74, 6) is -0.929. The van der Waals surface area contributed by atoms with Crippen LogP contribution in [-0.4, -0.2) is 30.0 Å². The molecule has 1 aliphatic rings. The number of H-pyrrole nitrogens is 1. The number of nitrogens with zero attached hydrogens (tertiary/aromatic N) is 1. The Morgan fingerprint density at radius 2 is 1.79 bits per heavy atom. The minimum atomic E-state index is -4.04. The second kappa shape index (κ2) is 9.99. The lowest BCUT2D eigenvalue weighted by Gasteiger charge is -2.21. The SMILES string of the molecule is CC(C)OC(=O)c1c(Br)c2c(n1Cc1ccc(F)cc1)-c1[nH]c(=O)c(S(=O)(=O)c3ccccc3)cc1CC2. The summed E-state index contributed by atoms with van der Waals surface area (Å²) in [5.41, 5.74) is 2.70. The second-order valence-corrected chi connectivity index (χ2v) is 12.0. The molecule has 0 saturated heterocycles. The van der Waals surface area contributed by atoms with Gasteiger partial charge in [-0.25, -0.2) is 17.6 Å². The van der Waals surface area contributed by atoms with Crippen LogP contribution in [0.5, 0.6) is 0 Å². The highest BCUT2D eigenvalue weighted by molar-refractivity contribution is 9.10. The largest absolute Gasteiger partial charge is 0.458 e. The number of fused-ring (bicyclic) bond motifs is 3. The average molecular weight is 599 g/mol. The van der Waals surface area contributed by atoms with Gasteiger partial charge in [0.15, 0.2) is 0 Å². The van der Waals surface area contributed by atoms with Gasteiger partial charge in [0.05, 0.1) is 26.9 Å². The highest BCUT2D eigenvalue weighted by atomic mass is 79.9. The van der Waals surface area contributed by atoms with Crippen molar-refractivity contribution in [1.82, 2.24) is 9.55 Å². The molecule has 0 atom stereocenters. The van der Waals surface area contributed by atoms with Gasteiger partial charge in [0, 0.05) is 6.54 Å². The zero-order valence-corrected chi connectivity index (χ0v) is 23.0. The lowest BCUT2D eigenvalue weighted by atomic mass is 9.94. The Morgan fingerprint density at radius 3 is 2.45 bits per heavy atom. The first-order valence-electron chi connectivity index (χ1n) is 12.0. The summed E-state index contributed by atoms with van der Waals surface area (Å²) in [5, 5.41) is 0. The number of aromatic nitrogens is 2. The molecule has 2 heterocycles. The molecule has 0 spiro atoms. The molecular formula is C28H24BrFN2O5S. The zero-order chi connectivity index (χ0) is 27.2. The maximum atomic E-state index is 13.6. The zero-order valence-electron chi connectivity index (χ0n) is 20.6. The third kappa shape index (κ3) is 4.63. The molecule has 7 nitrogen and oxygen atoms in total. The number of aryl methyl sites for hydroxylation is 1. The number of carbonyl (C=O) groups excluding carboxylic acids is 1. The van der Waals surface area contributed by atoms with E-state index in [9.17, 15) is 22.4 Å². The number of halogens is 2. The molecule has 2 aromatic carbocycles. The summed E-state index contributed by atoms with van der Waals surface area (Å²) in [6.45, 7) is 3.70. The molecule has 0 radical (unpaired) electrons. The van der Waals surface area contributed by atoms with Gasteiger partial charge in [0.1, 0.15) is 16.4 Å². The lowest BCUT2D eigenvalue weighted by molar-refractivity contribution is 0.0364. The van der Waals surface area contributed by atoms with E-state index in [1.807, 2.05) is 0 Å². The summed E-state index contributed by atoms with van der Waals surface area (Å²) < 4.78 is 47.9. The highest BCUT2D eigenvalue weighted by Gasteiger charge is 2.33. The summed E-state index contributed by atoms with van der Waals surface area (Å²) in [6.07, 6.45) is 0.588. The molecular weight excluding hydrogens is 575 g/mol. The molecule has 4 aromatic rings. The summed E-state index contributed by atoms with van der Waals surface area (Å²) in [6, 6.07) is 15.1. The van der Waals surface area contributed by atoms with Gasteiger partial charge in [-0.2, -0.15) is 0 Å². The van der Waals surface area contributed by atoms with E-state index in [1.165, 1.54) is 30.3 Å². The number of hydrogen-bond acceptors (Lipinski definition) is 5. The first kappa shape index (κ1) is 26.1. The quantitative estimate of drug-likeness (QED) is 0.304. The Balaban J connectivity index is 1.71. The number of ether oxygens (including phenoxy) is 1. The molecule has 0 unspecified atom stereocenters. The Morgan fingerprint density at radius 1 is 1.11 bits per heavy atom. The number of nitrogens with one attached hydrogen (secondary N) is 1. The van der Waals surface area contributed by atoms with Crippen molar-refractivity contribution in [3.63, 3.8) is 0 Å². The van der Waals surface area contributed by atoms with E-state index < -0.39 is 21.4 Å². The van der Waals surface area contributed by atoms with Gasteiger partial charge in [0.25, 0.3) is 5.56 Å². The number of benzene rings is 2. The van der Waals surface area contributed by atoms with Crippen molar-refractivity contribution < 1.29 is 22.3 Å². The van der Waals surface area contributed by atoms with Crippen LogP contribution >= 0.6 is 15.9 Å². The lowest BCUT2D eigenvalue weighted by Crippen LogP contribution is -2.23. The highest BCUT2D eigenvalue weighted by Crippen LogP contribution is 2.41. The van der Waals surface area contributed by atoms with Crippen LogP contribution in [0.3, 0.4) is 0 Å². The molecule has 0 aliphatic heterocycles. The minimum Gasteiger partial charge on any atom is -0.458 e. The first-order chi connectivity index (χ1) is 18.1. The predicted molar refractivity (Wildman–Crippen MR) is 144 cm³/mol. The number of carbonyl (C=O) groups is 1. The molecule has 1 aliphatic carbocycles. The molecule has 0 fully saturated rings. The number of rotatable bonds is 6.